The summed E-state index contributed by atoms with van der Waals surface area (Å²) in [4.78, 5) is 11.9. The van der Waals surface area contributed by atoms with Gasteiger partial charge in [-0.1, -0.05) is 55.5 Å². The van der Waals surface area contributed by atoms with E-state index in [1.807, 2.05) is 54.2 Å². The fourth-order valence-electron chi connectivity index (χ4n) is 2.12. The average molecular weight is 314 g/mol. The molecule has 22 heavy (non-hydrogen) atoms. The highest BCUT2D eigenvalue weighted by Crippen LogP contribution is 2.15. The molecular formula is C18H22N2OS. The van der Waals surface area contributed by atoms with Crippen LogP contribution in [0.5, 0.6) is 0 Å². The molecule has 0 saturated carbocycles. The monoisotopic (exact) mass is 314 g/mol. The van der Waals surface area contributed by atoms with E-state index in [0.29, 0.717) is 6.54 Å². The molecule has 0 aliphatic heterocycles. The minimum Gasteiger partial charge on any atom is -0.337 e. The highest BCUT2D eigenvalue weighted by atomic mass is 32.2. The molecule has 0 aromatic heterocycles. The first-order chi connectivity index (χ1) is 10.8. The molecule has 0 bridgehead atoms. The Morgan fingerprint density at radius 2 is 1.77 bits per heavy atom. The minimum atomic E-state index is -0.138. The van der Waals surface area contributed by atoms with E-state index >= 15 is 0 Å². The van der Waals surface area contributed by atoms with Gasteiger partial charge in [-0.2, -0.15) is 11.8 Å². The second kappa shape index (κ2) is 9.15. The molecule has 2 aromatic rings. The lowest BCUT2D eigenvalue weighted by Gasteiger charge is -2.10. The number of amides is 2. The van der Waals surface area contributed by atoms with Gasteiger partial charge in [0.05, 0.1) is 0 Å². The van der Waals surface area contributed by atoms with Crippen LogP contribution in [0, 0.1) is 0 Å². The van der Waals surface area contributed by atoms with Gasteiger partial charge in [0.2, 0.25) is 0 Å². The first kappa shape index (κ1) is 16.4. The number of hydrogen-bond donors (Lipinski definition) is 2. The minimum absolute atomic E-state index is 0.138. The van der Waals surface area contributed by atoms with Crippen LogP contribution in [-0.2, 0) is 12.2 Å². The van der Waals surface area contributed by atoms with E-state index in [1.54, 1.807) is 0 Å². The third kappa shape index (κ3) is 5.45. The van der Waals surface area contributed by atoms with Gasteiger partial charge < -0.3 is 10.6 Å². The molecule has 0 radical (unpaired) electrons. The number of anilines is 1. The molecular weight excluding hydrogens is 292 g/mol. The summed E-state index contributed by atoms with van der Waals surface area (Å²) in [6.07, 6.45) is 0.906. The van der Waals surface area contributed by atoms with Crippen molar-refractivity contribution in [2.45, 2.75) is 19.1 Å². The number of para-hydroxylation sites is 1. The Bertz CT molecular complexity index is 587. The zero-order valence-electron chi connectivity index (χ0n) is 12.8. The molecule has 116 valence electrons. The van der Waals surface area contributed by atoms with E-state index in [9.17, 15) is 4.79 Å². The Kier molecular flexibility index (Phi) is 6.84. The maximum atomic E-state index is 11.9. The number of hydrogen-bond acceptors (Lipinski definition) is 2. The Labute approximate surface area is 136 Å². The van der Waals surface area contributed by atoms with Crippen molar-refractivity contribution in [2.24, 2.45) is 0 Å². The SMILES string of the molecule is CCc1ccccc1NC(=O)NCCSCc1ccccc1. The molecule has 2 N–H and O–H groups in total. The van der Waals surface area contributed by atoms with Crippen LogP contribution in [0.4, 0.5) is 10.5 Å². The van der Waals surface area contributed by atoms with Gasteiger partial charge in [0, 0.05) is 23.7 Å². The Balaban J connectivity index is 1.65. The molecule has 2 amide bonds. The summed E-state index contributed by atoms with van der Waals surface area (Å²) in [6.45, 7) is 2.75. The van der Waals surface area contributed by atoms with Crippen molar-refractivity contribution in [1.82, 2.24) is 5.32 Å². The normalized spacial score (nSPS) is 10.2. The van der Waals surface area contributed by atoms with Gasteiger partial charge in [-0.25, -0.2) is 4.79 Å². The van der Waals surface area contributed by atoms with Crippen LogP contribution in [0.2, 0.25) is 0 Å². The first-order valence-corrected chi connectivity index (χ1v) is 8.69. The molecule has 2 rings (SSSR count). The summed E-state index contributed by atoms with van der Waals surface area (Å²) < 4.78 is 0. The number of carbonyl (C=O) groups excluding carboxylic acids is 1. The smallest absolute Gasteiger partial charge is 0.319 e. The van der Waals surface area contributed by atoms with Gasteiger partial charge in [0.1, 0.15) is 0 Å². The number of aryl methyl sites for hydroxylation is 1. The maximum absolute atomic E-state index is 11.9. The van der Waals surface area contributed by atoms with Crippen molar-refractivity contribution >= 4 is 23.5 Å². The van der Waals surface area contributed by atoms with E-state index in [1.165, 1.54) is 5.56 Å². The lowest BCUT2D eigenvalue weighted by molar-refractivity contribution is 0.252. The predicted octanol–water partition coefficient (Wildman–Crippen LogP) is 4.30. The van der Waals surface area contributed by atoms with Crippen LogP contribution in [0.3, 0.4) is 0 Å². The van der Waals surface area contributed by atoms with Crippen molar-refractivity contribution in [3.05, 3.63) is 65.7 Å². The van der Waals surface area contributed by atoms with Crippen LogP contribution in [0.25, 0.3) is 0 Å². The largest absolute Gasteiger partial charge is 0.337 e. The quantitative estimate of drug-likeness (QED) is 0.748. The molecule has 4 heteroatoms. The third-order valence-corrected chi connectivity index (χ3v) is 4.32. The van der Waals surface area contributed by atoms with Crippen molar-refractivity contribution in [3.63, 3.8) is 0 Å². The summed E-state index contributed by atoms with van der Waals surface area (Å²) in [5.41, 5.74) is 3.35. The zero-order chi connectivity index (χ0) is 15.6. The Hall–Kier alpha value is -1.94. The van der Waals surface area contributed by atoms with Crippen LogP contribution in [-0.4, -0.2) is 18.3 Å². The summed E-state index contributed by atoms with van der Waals surface area (Å²) in [6, 6.07) is 18.1. The summed E-state index contributed by atoms with van der Waals surface area (Å²) in [5.74, 6) is 1.88. The molecule has 0 fully saturated rings. The topological polar surface area (TPSA) is 41.1 Å². The van der Waals surface area contributed by atoms with Crippen molar-refractivity contribution < 1.29 is 4.79 Å². The van der Waals surface area contributed by atoms with E-state index in [4.69, 9.17) is 0 Å². The molecule has 0 aliphatic carbocycles. The molecule has 0 aliphatic rings. The molecule has 0 unspecified atom stereocenters. The van der Waals surface area contributed by atoms with Gasteiger partial charge >= 0.3 is 6.03 Å². The number of thioether (sulfide) groups is 1. The molecule has 0 heterocycles. The molecule has 0 spiro atoms. The van der Waals surface area contributed by atoms with Crippen LogP contribution in [0.15, 0.2) is 54.6 Å². The van der Waals surface area contributed by atoms with Gasteiger partial charge in [-0.15, -0.1) is 0 Å². The fourth-order valence-corrected chi connectivity index (χ4v) is 2.94. The van der Waals surface area contributed by atoms with Crippen molar-refractivity contribution in [2.75, 3.05) is 17.6 Å². The van der Waals surface area contributed by atoms with Crippen molar-refractivity contribution in [1.29, 1.82) is 0 Å². The molecule has 0 saturated heterocycles. The van der Waals surface area contributed by atoms with Crippen molar-refractivity contribution in [3.8, 4) is 0 Å². The highest BCUT2D eigenvalue weighted by molar-refractivity contribution is 7.98. The molecule has 2 aromatic carbocycles. The predicted molar refractivity (Wildman–Crippen MR) is 95.4 cm³/mol. The molecule has 0 atom stereocenters. The average Bonchev–Trinajstić information content (AvgIpc) is 2.56. The number of nitrogens with one attached hydrogen (secondary N) is 2. The Morgan fingerprint density at radius 3 is 2.55 bits per heavy atom. The van der Waals surface area contributed by atoms with Gasteiger partial charge in [-0.3, -0.25) is 0 Å². The van der Waals surface area contributed by atoms with E-state index in [2.05, 4.69) is 29.7 Å². The number of urea groups is 1. The van der Waals surface area contributed by atoms with Gasteiger partial charge in [0.15, 0.2) is 0 Å². The van der Waals surface area contributed by atoms with Crippen LogP contribution in [0.1, 0.15) is 18.1 Å². The third-order valence-electron chi connectivity index (χ3n) is 3.29. The summed E-state index contributed by atoms with van der Waals surface area (Å²) in [5, 5.41) is 5.81. The standard InChI is InChI=1S/C18H22N2OS/c1-2-16-10-6-7-11-17(16)20-18(21)19-12-13-22-14-15-8-4-3-5-9-15/h3-11H,2,12-14H2,1H3,(H2,19,20,21). The lowest BCUT2D eigenvalue weighted by atomic mass is 10.1. The second-order valence-electron chi connectivity index (χ2n) is 4.93. The maximum Gasteiger partial charge on any atom is 0.319 e. The summed E-state index contributed by atoms with van der Waals surface area (Å²) >= 11 is 1.82. The van der Waals surface area contributed by atoms with E-state index < -0.39 is 0 Å². The number of benzene rings is 2. The number of carbonyl (C=O) groups is 1. The lowest BCUT2D eigenvalue weighted by Crippen LogP contribution is -2.30. The Morgan fingerprint density at radius 1 is 1.05 bits per heavy atom. The van der Waals surface area contributed by atoms with E-state index in [0.717, 1.165) is 29.2 Å². The fraction of sp³-hybridized carbons (Fsp3) is 0.278. The van der Waals surface area contributed by atoms with Gasteiger partial charge in [0.25, 0.3) is 0 Å². The highest BCUT2D eigenvalue weighted by Gasteiger charge is 2.04. The summed E-state index contributed by atoms with van der Waals surface area (Å²) in [7, 11) is 0. The number of rotatable bonds is 7. The zero-order valence-corrected chi connectivity index (χ0v) is 13.7. The first-order valence-electron chi connectivity index (χ1n) is 7.54. The van der Waals surface area contributed by atoms with Crippen LogP contribution < -0.4 is 10.6 Å². The second-order valence-corrected chi connectivity index (χ2v) is 6.03. The van der Waals surface area contributed by atoms with Crippen LogP contribution >= 0.6 is 11.8 Å². The van der Waals surface area contributed by atoms with E-state index in [-0.39, 0.29) is 6.03 Å². The molecule has 3 nitrogen and oxygen atoms in total. The van der Waals surface area contributed by atoms with Gasteiger partial charge in [-0.05, 0) is 23.6 Å².